The van der Waals surface area contributed by atoms with Crippen molar-refractivity contribution in [2.75, 3.05) is 6.61 Å². The lowest BCUT2D eigenvalue weighted by atomic mass is 9.97. The summed E-state index contributed by atoms with van der Waals surface area (Å²) in [5, 5.41) is 1.20. The molecular formula is C29H26F5NO2. The maximum atomic E-state index is 15.2. The zero-order chi connectivity index (χ0) is 26.4. The molecule has 0 spiro atoms. The first-order valence-electron chi connectivity index (χ1n) is 12.0. The monoisotopic (exact) mass is 515 g/mol. The highest BCUT2D eigenvalue weighted by molar-refractivity contribution is 5.84. The molecule has 3 nitrogen and oxygen atoms in total. The molecule has 0 saturated heterocycles. The van der Waals surface area contributed by atoms with E-state index in [0.29, 0.717) is 17.6 Å². The number of alkyl halides is 2. The van der Waals surface area contributed by atoms with Crippen LogP contribution < -0.4 is 9.47 Å². The van der Waals surface area contributed by atoms with E-state index in [0.717, 1.165) is 53.8 Å². The third-order valence-electron chi connectivity index (χ3n) is 5.99. The molecule has 0 amide bonds. The number of ether oxygens (including phenoxy) is 2. The van der Waals surface area contributed by atoms with Crippen molar-refractivity contribution in [3.8, 4) is 11.5 Å². The topological polar surface area (TPSA) is 31.4 Å². The van der Waals surface area contributed by atoms with Crippen molar-refractivity contribution in [2.45, 2.75) is 45.6 Å². The van der Waals surface area contributed by atoms with Crippen molar-refractivity contribution in [2.24, 2.45) is 0 Å². The summed E-state index contributed by atoms with van der Waals surface area (Å²) in [4.78, 5) is 4.44. The molecule has 3 aromatic carbocycles. The van der Waals surface area contributed by atoms with Crippen molar-refractivity contribution in [1.29, 1.82) is 0 Å². The van der Waals surface area contributed by atoms with Gasteiger partial charge in [0.15, 0.2) is 17.4 Å². The predicted molar refractivity (Wildman–Crippen MR) is 132 cm³/mol. The van der Waals surface area contributed by atoms with E-state index in [2.05, 4.69) is 9.72 Å². The van der Waals surface area contributed by atoms with Crippen molar-refractivity contribution in [3.05, 3.63) is 101 Å². The van der Waals surface area contributed by atoms with Crippen LogP contribution in [0, 0.1) is 17.5 Å². The first kappa shape index (κ1) is 26.4. The Morgan fingerprint density at radius 1 is 0.811 bits per heavy atom. The first-order chi connectivity index (χ1) is 17.8. The number of benzene rings is 3. The van der Waals surface area contributed by atoms with Gasteiger partial charge in [0, 0.05) is 11.1 Å². The standard InChI is InChI=1S/C29H26F5NO2/c1-2-13-36-23-11-10-22(35-17-23)9-4-18-5-12-24-21(14-18)8-7-20(27(24)32)6-3-19-15-25(30)28(26(31)16-19)37-29(33)34/h5,7-8,10-12,14-17,29H,2-4,6,9,13H2,1H3. The second-order valence-corrected chi connectivity index (χ2v) is 8.69. The van der Waals surface area contributed by atoms with Gasteiger partial charge in [0.25, 0.3) is 0 Å². The molecule has 0 radical (unpaired) electrons. The van der Waals surface area contributed by atoms with Gasteiger partial charge in [-0.3, -0.25) is 4.98 Å². The number of nitrogens with zero attached hydrogens (tertiary/aromatic N) is 1. The van der Waals surface area contributed by atoms with Gasteiger partial charge in [0.05, 0.1) is 12.8 Å². The van der Waals surface area contributed by atoms with Gasteiger partial charge in [-0.1, -0.05) is 37.3 Å². The molecule has 0 aliphatic rings. The number of aromatic nitrogens is 1. The number of hydrogen-bond donors (Lipinski definition) is 0. The molecule has 8 heteroatoms. The highest BCUT2D eigenvalue weighted by Crippen LogP contribution is 2.27. The summed E-state index contributed by atoms with van der Waals surface area (Å²) < 4.78 is 77.2. The van der Waals surface area contributed by atoms with Gasteiger partial charge in [-0.15, -0.1) is 0 Å². The zero-order valence-corrected chi connectivity index (χ0v) is 20.2. The molecule has 0 N–H and O–H groups in total. The van der Waals surface area contributed by atoms with Crippen molar-refractivity contribution < 1.29 is 31.4 Å². The Balaban J connectivity index is 1.41. The summed E-state index contributed by atoms with van der Waals surface area (Å²) in [6.07, 6.45) is 4.43. The fourth-order valence-corrected chi connectivity index (χ4v) is 4.11. The first-order valence-corrected chi connectivity index (χ1v) is 12.0. The highest BCUT2D eigenvalue weighted by Gasteiger charge is 2.17. The van der Waals surface area contributed by atoms with Gasteiger partial charge in [0.2, 0.25) is 0 Å². The van der Waals surface area contributed by atoms with E-state index in [1.807, 2.05) is 37.3 Å². The largest absolute Gasteiger partial charge is 0.492 e. The molecule has 194 valence electrons. The third-order valence-corrected chi connectivity index (χ3v) is 5.99. The lowest BCUT2D eigenvalue weighted by Crippen LogP contribution is -2.06. The minimum atomic E-state index is -3.34. The number of halogens is 5. The van der Waals surface area contributed by atoms with Crippen LogP contribution in [0.2, 0.25) is 0 Å². The Hall–Kier alpha value is -3.68. The maximum absolute atomic E-state index is 15.2. The lowest BCUT2D eigenvalue weighted by Gasteiger charge is -2.11. The average Bonchev–Trinajstić information content (AvgIpc) is 2.88. The van der Waals surface area contributed by atoms with Crippen LogP contribution in [0.25, 0.3) is 10.8 Å². The molecule has 4 rings (SSSR count). The molecule has 0 fully saturated rings. The number of hydrogen-bond acceptors (Lipinski definition) is 3. The Morgan fingerprint density at radius 3 is 2.24 bits per heavy atom. The number of pyridine rings is 1. The van der Waals surface area contributed by atoms with E-state index in [9.17, 15) is 17.6 Å². The molecule has 37 heavy (non-hydrogen) atoms. The maximum Gasteiger partial charge on any atom is 0.387 e. The average molecular weight is 516 g/mol. The molecule has 0 atom stereocenters. The van der Waals surface area contributed by atoms with E-state index >= 15 is 4.39 Å². The van der Waals surface area contributed by atoms with Gasteiger partial charge in [-0.05, 0) is 78.4 Å². The molecule has 0 aliphatic heterocycles. The SMILES string of the molecule is CCCOc1ccc(CCc2ccc3c(F)c(CCc4cc(F)c(OC(F)F)c(F)c4)ccc3c2)nc1. The quantitative estimate of drug-likeness (QED) is 0.193. The molecule has 0 unspecified atom stereocenters. The minimum absolute atomic E-state index is 0.124. The molecule has 1 heterocycles. The normalized spacial score (nSPS) is 11.3. The predicted octanol–water partition coefficient (Wildman–Crippen LogP) is 7.61. The van der Waals surface area contributed by atoms with Gasteiger partial charge < -0.3 is 9.47 Å². The number of rotatable bonds is 11. The minimum Gasteiger partial charge on any atom is -0.492 e. The summed E-state index contributed by atoms with van der Waals surface area (Å²) in [5.41, 5.74) is 2.59. The summed E-state index contributed by atoms with van der Waals surface area (Å²) in [6, 6.07) is 14.7. The van der Waals surface area contributed by atoms with Gasteiger partial charge in [-0.2, -0.15) is 8.78 Å². The van der Waals surface area contributed by atoms with Crippen LogP contribution in [-0.2, 0) is 25.7 Å². The molecule has 0 aliphatic carbocycles. The summed E-state index contributed by atoms with van der Waals surface area (Å²) >= 11 is 0. The van der Waals surface area contributed by atoms with Crippen LogP contribution in [-0.4, -0.2) is 18.2 Å². The fourth-order valence-electron chi connectivity index (χ4n) is 4.11. The van der Waals surface area contributed by atoms with Crippen LogP contribution in [0.15, 0.2) is 60.8 Å². The Kier molecular flexibility index (Phi) is 8.58. The van der Waals surface area contributed by atoms with E-state index in [4.69, 9.17) is 4.74 Å². The molecule has 0 saturated carbocycles. The van der Waals surface area contributed by atoms with E-state index in [-0.39, 0.29) is 18.4 Å². The Bertz CT molecular complexity index is 1340. The van der Waals surface area contributed by atoms with Crippen molar-refractivity contribution in [3.63, 3.8) is 0 Å². The van der Waals surface area contributed by atoms with E-state index < -0.39 is 29.8 Å². The molecule has 4 aromatic rings. The van der Waals surface area contributed by atoms with Crippen LogP contribution in [0.5, 0.6) is 11.5 Å². The molecule has 0 bridgehead atoms. The second-order valence-electron chi connectivity index (χ2n) is 8.69. The Morgan fingerprint density at radius 2 is 1.57 bits per heavy atom. The van der Waals surface area contributed by atoms with E-state index in [1.165, 1.54) is 0 Å². The lowest BCUT2D eigenvalue weighted by molar-refractivity contribution is -0.0546. The number of aryl methyl sites for hydroxylation is 4. The summed E-state index contributed by atoms with van der Waals surface area (Å²) in [6.45, 7) is -0.642. The Labute approximate surface area is 211 Å². The van der Waals surface area contributed by atoms with Crippen LogP contribution >= 0.6 is 0 Å². The third kappa shape index (κ3) is 6.76. The van der Waals surface area contributed by atoms with Gasteiger partial charge in [0.1, 0.15) is 11.6 Å². The smallest absolute Gasteiger partial charge is 0.387 e. The van der Waals surface area contributed by atoms with Crippen LogP contribution in [0.3, 0.4) is 0 Å². The fraction of sp³-hybridized carbons (Fsp3) is 0.276. The van der Waals surface area contributed by atoms with Gasteiger partial charge in [-0.25, -0.2) is 13.2 Å². The number of fused-ring (bicyclic) bond motifs is 1. The second kappa shape index (κ2) is 12.0. The highest BCUT2D eigenvalue weighted by atomic mass is 19.3. The van der Waals surface area contributed by atoms with Gasteiger partial charge >= 0.3 is 6.61 Å². The summed E-state index contributed by atoms with van der Waals surface area (Å²) in [7, 11) is 0. The zero-order valence-electron chi connectivity index (χ0n) is 20.2. The summed E-state index contributed by atoms with van der Waals surface area (Å²) in [5.74, 6) is -3.22. The van der Waals surface area contributed by atoms with Crippen molar-refractivity contribution >= 4 is 10.8 Å². The van der Waals surface area contributed by atoms with Crippen molar-refractivity contribution in [1.82, 2.24) is 4.98 Å². The molecular weight excluding hydrogens is 489 g/mol. The van der Waals surface area contributed by atoms with Crippen LogP contribution in [0.1, 0.15) is 35.7 Å². The molecule has 1 aromatic heterocycles. The van der Waals surface area contributed by atoms with Crippen LogP contribution in [0.4, 0.5) is 22.0 Å². The van der Waals surface area contributed by atoms with E-state index in [1.54, 1.807) is 18.3 Å².